The van der Waals surface area contributed by atoms with E-state index in [2.05, 4.69) is 15.9 Å². The van der Waals surface area contributed by atoms with Crippen molar-refractivity contribution in [3.05, 3.63) is 57.6 Å². The fourth-order valence-corrected chi connectivity index (χ4v) is 2.60. The zero-order valence-corrected chi connectivity index (χ0v) is 13.6. The summed E-state index contributed by atoms with van der Waals surface area (Å²) in [7, 11) is 2.81. The Balaban J connectivity index is 2.49. The number of methoxy groups -OCH3 is 2. The van der Waals surface area contributed by atoms with E-state index in [0.29, 0.717) is 16.9 Å². The molecule has 2 nitrogen and oxygen atoms in total. The highest BCUT2D eigenvalue weighted by Crippen LogP contribution is 2.39. The number of benzene rings is 2. The smallest absolute Gasteiger partial charge is 0.165 e. The van der Waals surface area contributed by atoms with E-state index in [4.69, 9.17) is 21.1 Å². The molecule has 0 fully saturated rings. The lowest BCUT2D eigenvalue weighted by Gasteiger charge is -2.16. The highest BCUT2D eigenvalue weighted by atomic mass is 79.9. The molecular weight excluding hydrogens is 366 g/mol. The van der Waals surface area contributed by atoms with Crippen LogP contribution >= 0.6 is 27.5 Å². The third-order valence-corrected chi connectivity index (χ3v) is 4.11. The predicted octanol–water partition coefficient (Wildman–Crippen LogP) is 5.07. The first kappa shape index (κ1) is 16.0. The number of rotatable bonds is 4. The summed E-state index contributed by atoms with van der Waals surface area (Å²) in [5.74, 6) is -0.509. The van der Waals surface area contributed by atoms with Gasteiger partial charge in [0.1, 0.15) is 11.6 Å². The summed E-state index contributed by atoms with van der Waals surface area (Å²) < 4.78 is 37.4. The fourth-order valence-electron chi connectivity index (χ4n) is 1.93. The Morgan fingerprint density at radius 3 is 2.29 bits per heavy atom. The van der Waals surface area contributed by atoms with Gasteiger partial charge in [0.2, 0.25) is 0 Å². The molecule has 0 bridgehead atoms. The van der Waals surface area contributed by atoms with Crippen molar-refractivity contribution in [2.75, 3.05) is 14.2 Å². The number of halogens is 4. The molecule has 0 amide bonds. The molecule has 0 aromatic heterocycles. The highest BCUT2D eigenvalue weighted by Gasteiger charge is 2.19. The van der Waals surface area contributed by atoms with Crippen molar-refractivity contribution < 1.29 is 18.3 Å². The maximum Gasteiger partial charge on any atom is 0.165 e. The molecule has 0 heterocycles. The molecular formula is C15H12BrClF2O2. The van der Waals surface area contributed by atoms with Gasteiger partial charge in [0.25, 0.3) is 0 Å². The van der Waals surface area contributed by atoms with Crippen molar-refractivity contribution in [3.63, 3.8) is 0 Å². The van der Waals surface area contributed by atoms with E-state index in [-0.39, 0.29) is 10.2 Å². The van der Waals surface area contributed by atoms with Crippen LogP contribution in [0.15, 0.2) is 34.8 Å². The van der Waals surface area contributed by atoms with Gasteiger partial charge < -0.3 is 9.47 Å². The van der Waals surface area contributed by atoms with Crippen LogP contribution < -0.4 is 9.47 Å². The summed E-state index contributed by atoms with van der Waals surface area (Å²) in [5.41, 5.74) is 1.19. The molecule has 0 aliphatic rings. The number of hydrogen-bond acceptors (Lipinski definition) is 2. The molecule has 0 saturated carbocycles. The van der Waals surface area contributed by atoms with Crippen LogP contribution in [0.2, 0.25) is 0 Å². The standard InChI is InChI=1S/C15H12BrClF2O2/c1-20-13-7-12(19)10(16)6-9(13)15(17)8-3-4-11(18)14(5-8)21-2/h3-7,15H,1-2H3. The molecule has 1 atom stereocenters. The van der Waals surface area contributed by atoms with E-state index in [1.54, 1.807) is 12.1 Å². The molecule has 0 N–H and O–H groups in total. The van der Waals surface area contributed by atoms with Crippen LogP contribution in [0, 0.1) is 11.6 Å². The summed E-state index contributed by atoms with van der Waals surface area (Å²) in [6.45, 7) is 0. The Kier molecular flexibility index (Phi) is 5.06. The van der Waals surface area contributed by atoms with Gasteiger partial charge in [-0.25, -0.2) is 8.78 Å². The molecule has 0 spiro atoms. The average molecular weight is 378 g/mol. The van der Waals surface area contributed by atoms with Gasteiger partial charge in [-0.05, 0) is 39.7 Å². The number of alkyl halides is 1. The third-order valence-electron chi connectivity index (χ3n) is 3.01. The van der Waals surface area contributed by atoms with Gasteiger partial charge in [-0.15, -0.1) is 11.6 Å². The van der Waals surface area contributed by atoms with E-state index in [1.807, 2.05) is 0 Å². The van der Waals surface area contributed by atoms with Crippen LogP contribution in [-0.4, -0.2) is 14.2 Å². The Bertz CT molecular complexity index is 664. The summed E-state index contributed by atoms with van der Waals surface area (Å²) in [4.78, 5) is 0. The minimum Gasteiger partial charge on any atom is -0.496 e. The van der Waals surface area contributed by atoms with Gasteiger partial charge in [0.05, 0.1) is 24.1 Å². The van der Waals surface area contributed by atoms with Gasteiger partial charge in [-0.1, -0.05) is 6.07 Å². The molecule has 1 unspecified atom stereocenters. The maximum atomic E-state index is 13.5. The lowest BCUT2D eigenvalue weighted by Crippen LogP contribution is -2.00. The van der Waals surface area contributed by atoms with Crippen LogP contribution in [0.4, 0.5) is 8.78 Å². The number of hydrogen-bond donors (Lipinski definition) is 0. The molecule has 2 aromatic carbocycles. The van der Waals surface area contributed by atoms with Gasteiger partial charge in [-0.2, -0.15) is 0 Å². The maximum absolute atomic E-state index is 13.5. The molecule has 0 aliphatic heterocycles. The first-order valence-corrected chi connectivity index (χ1v) is 7.21. The summed E-state index contributed by atoms with van der Waals surface area (Å²) in [6, 6.07) is 7.11. The highest BCUT2D eigenvalue weighted by molar-refractivity contribution is 9.10. The SMILES string of the molecule is COc1cc(C(Cl)c2cc(Br)c(F)cc2OC)ccc1F. The third kappa shape index (κ3) is 3.30. The van der Waals surface area contributed by atoms with Crippen LogP contribution in [0.1, 0.15) is 16.5 Å². The van der Waals surface area contributed by atoms with Crippen molar-refractivity contribution in [2.24, 2.45) is 0 Å². The summed E-state index contributed by atoms with van der Waals surface area (Å²) in [6.07, 6.45) is 0. The predicted molar refractivity (Wildman–Crippen MR) is 81.3 cm³/mol. The second-order valence-corrected chi connectivity index (χ2v) is 5.56. The monoisotopic (exact) mass is 376 g/mol. The lowest BCUT2D eigenvalue weighted by atomic mass is 10.0. The minimum atomic E-state index is -0.633. The Hall–Kier alpha value is -1.33. The second kappa shape index (κ2) is 6.62. The largest absolute Gasteiger partial charge is 0.496 e. The van der Waals surface area contributed by atoms with Gasteiger partial charge >= 0.3 is 0 Å². The fraction of sp³-hybridized carbons (Fsp3) is 0.200. The quantitative estimate of drug-likeness (QED) is 0.692. The molecule has 0 aliphatic carbocycles. The van der Waals surface area contributed by atoms with Crippen LogP contribution in [0.25, 0.3) is 0 Å². The van der Waals surface area contributed by atoms with E-state index in [1.165, 1.54) is 32.4 Å². The Labute approximate surface area is 134 Å². The van der Waals surface area contributed by atoms with Crippen LogP contribution in [0.3, 0.4) is 0 Å². The number of ether oxygens (including phenoxy) is 2. The summed E-state index contributed by atoms with van der Waals surface area (Å²) >= 11 is 9.54. The van der Waals surface area contributed by atoms with Gasteiger partial charge in [-0.3, -0.25) is 0 Å². The molecule has 21 heavy (non-hydrogen) atoms. The normalized spacial score (nSPS) is 12.1. The molecule has 112 valence electrons. The topological polar surface area (TPSA) is 18.5 Å². The van der Waals surface area contributed by atoms with Crippen molar-refractivity contribution in [1.82, 2.24) is 0 Å². The van der Waals surface area contributed by atoms with Crippen molar-refractivity contribution in [3.8, 4) is 11.5 Å². The van der Waals surface area contributed by atoms with E-state index >= 15 is 0 Å². The van der Waals surface area contributed by atoms with Crippen molar-refractivity contribution in [2.45, 2.75) is 5.38 Å². The molecule has 2 rings (SSSR count). The van der Waals surface area contributed by atoms with Gasteiger partial charge in [0.15, 0.2) is 11.6 Å². The first-order valence-electron chi connectivity index (χ1n) is 5.98. The lowest BCUT2D eigenvalue weighted by molar-refractivity contribution is 0.386. The Morgan fingerprint density at radius 2 is 1.67 bits per heavy atom. The molecule has 0 radical (unpaired) electrons. The van der Waals surface area contributed by atoms with E-state index < -0.39 is 17.0 Å². The minimum absolute atomic E-state index is 0.0956. The van der Waals surface area contributed by atoms with Crippen molar-refractivity contribution in [1.29, 1.82) is 0 Å². The van der Waals surface area contributed by atoms with Crippen LogP contribution in [-0.2, 0) is 0 Å². The zero-order chi connectivity index (χ0) is 15.6. The first-order chi connectivity index (χ1) is 9.97. The van der Waals surface area contributed by atoms with Crippen LogP contribution in [0.5, 0.6) is 11.5 Å². The zero-order valence-electron chi connectivity index (χ0n) is 11.3. The van der Waals surface area contributed by atoms with Crippen molar-refractivity contribution >= 4 is 27.5 Å². The van der Waals surface area contributed by atoms with E-state index in [9.17, 15) is 8.78 Å². The van der Waals surface area contributed by atoms with Gasteiger partial charge in [0, 0.05) is 11.6 Å². The molecule has 6 heteroatoms. The summed E-state index contributed by atoms with van der Waals surface area (Å²) in [5, 5.41) is -0.633. The molecule has 0 saturated heterocycles. The van der Waals surface area contributed by atoms with E-state index in [0.717, 1.165) is 0 Å². The second-order valence-electron chi connectivity index (χ2n) is 4.26. The Morgan fingerprint density at radius 1 is 1.00 bits per heavy atom. The molecule has 2 aromatic rings. The average Bonchev–Trinajstić information content (AvgIpc) is 2.49.